The number of aryl methyl sites for hydroxylation is 1. The van der Waals surface area contributed by atoms with Crippen molar-refractivity contribution in [1.82, 2.24) is 4.90 Å². The third-order valence-corrected chi connectivity index (χ3v) is 5.30. The first-order chi connectivity index (χ1) is 14.4. The molecule has 156 valence electrons. The van der Waals surface area contributed by atoms with Crippen molar-refractivity contribution < 1.29 is 19.1 Å². The molecule has 0 saturated heterocycles. The zero-order valence-corrected chi connectivity index (χ0v) is 17.3. The van der Waals surface area contributed by atoms with Crippen LogP contribution in [0.2, 0.25) is 0 Å². The highest BCUT2D eigenvalue weighted by Gasteiger charge is 2.42. The zero-order valence-electron chi connectivity index (χ0n) is 17.3. The lowest BCUT2D eigenvalue weighted by atomic mass is 9.98. The van der Waals surface area contributed by atoms with E-state index in [4.69, 9.17) is 9.15 Å². The molecule has 0 bridgehead atoms. The summed E-state index contributed by atoms with van der Waals surface area (Å²) in [5.74, 6) is -0.158. The van der Waals surface area contributed by atoms with Gasteiger partial charge in [0.15, 0.2) is 5.43 Å². The van der Waals surface area contributed by atoms with Gasteiger partial charge in [-0.3, -0.25) is 9.59 Å². The monoisotopic (exact) mass is 407 g/mol. The first-order valence-electron chi connectivity index (χ1n) is 10.2. The normalized spacial score (nSPS) is 15.9. The number of hydrogen-bond acceptors (Lipinski definition) is 5. The van der Waals surface area contributed by atoms with Gasteiger partial charge in [-0.1, -0.05) is 23.8 Å². The first-order valence-corrected chi connectivity index (χ1v) is 10.2. The third kappa shape index (κ3) is 3.59. The average molecular weight is 407 g/mol. The summed E-state index contributed by atoms with van der Waals surface area (Å²) in [4.78, 5) is 28.3. The van der Waals surface area contributed by atoms with Crippen molar-refractivity contribution in [2.75, 3.05) is 13.2 Å². The van der Waals surface area contributed by atoms with Gasteiger partial charge in [0.2, 0.25) is 5.76 Å². The Bertz CT molecular complexity index is 1160. The molecule has 1 aromatic heterocycles. The van der Waals surface area contributed by atoms with E-state index < -0.39 is 6.04 Å². The Labute approximate surface area is 174 Å². The van der Waals surface area contributed by atoms with Crippen LogP contribution in [-0.2, 0) is 4.74 Å². The van der Waals surface area contributed by atoms with Crippen LogP contribution in [0.5, 0.6) is 5.75 Å². The smallest absolute Gasteiger partial charge is 0.290 e. The molecule has 1 aliphatic heterocycles. The van der Waals surface area contributed by atoms with Gasteiger partial charge >= 0.3 is 0 Å². The number of benzene rings is 2. The van der Waals surface area contributed by atoms with Crippen LogP contribution in [0.25, 0.3) is 11.0 Å². The lowest BCUT2D eigenvalue weighted by Crippen LogP contribution is -2.31. The van der Waals surface area contributed by atoms with E-state index in [9.17, 15) is 14.7 Å². The van der Waals surface area contributed by atoms with Gasteiger partial charge in [-0.25, -0.2) is 0 Å². The van der Waals surface area contributed by atoms with Gasteiger partial charge in [-0.15, -0.1) is 0 Å². The zero-order chi connectivity index (χ0) is 21.4. The second-order valence-electron chi connectivity index (χ2n) is 7.94. The Morgan fingerprint density at radius 1 is 1.17 bits per heavy atom. The molecule has 0 saturated carbocycles. The van der Waals surface area contributed by atoms with Crippen LogP contribution < -0.4 is 5.43 Å². The van der Waals surface area contributed by atoms with E-state index >= 15 is 0 Å². The average Bonchev–Trinajstić information content (AvgIpc) is 2.98. The molecule has 3 aromatic rings. The Morgan fingerprint density at radius 2 is 1.97 bits per heavy atom. The van der Waals surface area contributed by atoms with E-state index in [0.717, 1.165) is 5.56 Å². The van der Waals surface area contributed by atoms with Crippen LogP contribution in [0.3, 0.4) is 0 Å². The molecule has 0 fully saturated rings. The van der Waals surface area contributed by atoms with Gasteiger partial charge in [-0.05, 0) is 57.0 Å². The summed E-state index contributed by atoms with van der Waals surface area (Å²) in [7, 11) is 0. The molecule has 2 heterocycles. The van der Waals surface area contributed by atoms with E-state index in [1.807, 2.05) is 32.9 Å². The number of phenols is 1. The molecule has 0 aliphatic carbocycles. The van der Waals surface area contributed by atoms with Crippen molar-refractivity contribution in [3.63, 3.8) is 0 Å². The summed E-state index contributed by atoms with van der Waals surface area (Å²) in [5, 5.41) is 10.5. The summed E-state index contributed by atoms with van der Waals surface area (Å²) in [6, 6.07) is 11.4. The standard InChI is InChI=1S/C24H25NO5/c1-14(2)29-11-5-10-25-21(16-6-4-7-17(26)13-16)20-22(27)18-12-15(3)8-9-19(18)30-23(20)24(25)28/h4,6-9,12-14,21,26H,5,10-11H2,1-3H3. The van der Waals surface area contributed by atoms with Crippen LogP contribution in [-0.4, -0.2) is 35.2 Å². The molecule has 1 unspecified atom stereocenters. The second kappa shape index (κ2) is 7.95. The molecule has 4 rings (SSSR count). The summed E-state index contributed by atoms with van der Waals surface area (Å²) < 4.78 is 11.5. The number of nitrogens with zero attached hydrogens (tertiary/aromatic N) is 1. The third-order valence-electron chi connectivity index (χ3n) is 5.30. The lowest BCUT2D eigenvalue weighted by molar-refractivity contribution is 0.0593. The minimum absolute atomic E-state index is 0.0782. The number of carbonyl (C=O) groups excluding carboxylic acids is 1. The SMILES string of the molecule is Cc1ccc2oc3c(c(=O)c2c1)C(c1cccc(O)c1)N(CCCOC(C)C)C3=O. The quantitative estimate of drug-likeness (QED) is 0.621. The number of fused-ring (bicyclic) bond motifs is 2. The molecule has 0 spiro atoms. The first kappa shape index (κ1) is 20.2. The second-order valence-corrected chi connectivity index (χ2v) is 7.94. The number of phenolic OH excluding ortho intramolecular Hbond substituents is 1. The fourth-order valence-electron chi connectivity index (χ4n) is 3.96. The van der Waals surface area contributed by atoms with E-state index in [1.54, 1.807) is 35.2 Å². The molecule has 30 heavy (non-hydrogen) atoms. The van der Waals surface area contributed by atoms with Crippen LogP contribution in [0.15, 0.2) is 51.7 Å². The van der Waals surface area contributed by atoms with Gasteiger partial charge in [-0.2, -0.15) is 0 Å². The Kier molecular flexibility index (Phi) is 5.35. The van der Waals surface area contributed by atoms with Crippen molar-refractivity contribution in [1.29, 1.82) is 0 Å². The summed E-state index contributed by atoms with van der Waals surface area (Å²) in [6.07, 6.45) is 0.732. The van der Waals surface area contributed by atoms with Gasteiger partial charge < -0.3 is 19.2 Å². The highest BCUT2D eigenvalue weighted by molar-refractivity contribution is 5.99. The maximum absolute atomic E-state index is 13.4. The van der Waals surface area contributed by atoms with Gasteiger partial charge in [0.1, 0.15) is 11.3 Å². The van der Waals surface area contributed by atoms with Gasteiger partial charge in [0.05, 0.1) is 23.1 Å². The Balaban J connectivity index is 1.83. The van der Waals surface area contributed by atoms with Gasteiger partial charge in [0, 0.05) is 13.2 Å². The summed E-state index contributed by atoms with van der Waals surface area (Å²) in [6.45, 7) is 6.74. The fraction of sp³-hybridized carbons (Fsp3) is 0.333. The number of carbonyl (C=O) groups is 1. The van der Waals surface area contributed by atoms with Crippen LogP contribution >= 0.6 is 0 Å². The minimum Gasteiger partial charge on any atom is -0.508 e. The molecule has 6 nitrogen and oxygen atoms in total. The number of rotatable bonds is 6. The van der Waals surface area contributed by atoms with Crippen molar-refractivity contribution in [2.45, 2.75) is 39.3 Å². The Morgan fingerprint density at radius 3 is 2.70 bits per heavy atom. The van der Waals surface area contributed by atoms with Crippen LogP contribution in [0.4, 0.5) is 0 Å². The fourth-order valence-corrected chi connectivity index (χ4v) is 3.96. The molecule has 1 amide bonds. The van der Waals surface area contributed by atoms with E-state index in [-0.39, 0.29) is 28.9 Å². The van der Waals surface area contributed by atoms with Crippen molar-refractivity contribution in [3.05, 3.63) is 75.1 Å². The summed E-state index contributed by atoms with van der Waals surface area (Å²) in [5.41, 5.74) is 2.13. The van der Waals surface area contributed by atoms with E-state index in [1.165, 1.54) is 0 Å². The molecule has 1 N–H and O–H groups in total. The molecule has 6 heteroatoms. The minimum atomic E-state index is -0.611. The predicted octanol–water partition coefficient (Wildman–Crippen LogP) is 4.17. The highest BCUT2D eigenvalue weighted by atomic mass is 16.5. The number of aromatic hydroxyl groups is 1. The lowest BCUT2D eigenvalue weighted by Gasteiger charge is -2.25. The van der Waals surface area contributed by atoms with Crippen LogP contribution in [0, 0.1) is 6.92 Å². The van der Waals surface area contributed by atoms with Crippen molar-refractivity contribution in [3.8, 4) is 5.75 Å². The maximum Gasteiger partial charge on any atom is 0.290 e. The molecular formula is C24H25NO5. The molecular weight excluding hydrogens is 382 g/mol. The van der Waals surface area contributed by atoms with Crippen molar-refractivity contribution in [2.24, 2.45) is 0 Å². The van der Waals surface area contributed by atoms with Crippen LogP contribution in [0.1, 0.15) is 53.6 Å². The van der Waals surface area contributed by atoms with E-state index in [2.05, 4.69) is 0 Å². The number of ether oxygens (including phenoxy) is 1. The van der Waals surface area contributed by atoms with Crippen molar-refractivity contribution >= 4 is 16.9 Å². The molecule has 1 aliphatic rings. The number of amides is 1. The van der Waals surface area contributed by atoms with Gasteiger partial charge in [0.25, 0.3) is 5.91 Å². The maximum atomic E-state index is 13.4. The predicted molar refractivity (Wildman–Crippen MR) is 114 cm³/mol. The highest BCUT2D eigenvalue weighted by Crippen LogP contribution is 2.39. The summed E-state index contributed by atoms with van der Waals surface area (Å²) >= 11 is 0. The van der Waals surface area contributed by atoms with E-state index in [0.29, 0.717) is 41.7 Å². The Hall–Kier alpha value is -3.12. The number of hydrogen-bond donors (Lipinski definition) is 1. The molecule has 1 atom stereocenters. The molecule has 0 radical (unpaired) electrons. The molecule has 2 aromatic carbocycles. The largest absolute Gasteiger partial charge is 0.508 e. The topological polar surface area (TPSA) is 80.0 Å².